The summed E-state index contributed by atoms with van der Waals surface area (Å²) in [6.45, 7) is 2.86. The van der Waals surface area contributed by atoms with E-state index in [4.69, 9.17) is 9.47 Å². The average molecular weight is 382 g/mol. The van der Waals surface area contributed by atoms with Gasteiger partial charge in [0, 0.05) is 5.69 Å². The average Bonchev–Trinajstić information content (AvgIpc) is 2.75. The minimum atomic E-state index is -0.175. The van der Waals surface area contributed by atoms with E-state index in [1.165, 1.54) is 37.7 Å². The Bertz CT molecular complexity index is 719. The van der Waals surface area contributed by atoms with Crippen LogP contribution in [-0.4, -0.2) is 19.1 Å². The van der Waals surface area contributed by atoms with Crippen molar-refractivity contribution in [1.82, 2.24) is 0 Å². The molecule has 1 aliphatic carbocycles. The summed E-state index contributed by atoms with van der Waals surface area (Å²) in [5, 5.41) is 2.85. The molecule has 150 valence electrons. The van der Waals surface area contributed by atoms with Gasteiger partial charge in [-0.25, -0.2) is 0 Å². The summed E-state index contributed by atoms with van der Waals surface area (Å²) in [6.07, 6.45) is 8.94. The zero-order valence-electron chi connectivity index (χ0n) is 16.8. The first-order valence-electron chi connectivity index (χ1n) is 10.5. The second-order valence-corrected chi connectivity index (χ2v) is 7.50. The fraction of sp³-hybridized carbons (Fsp3) is 0.458. The lowest BCUT2D eigenvalue weighted by Gasteiger charge is -2.21. The second-order valence-electron chi connectivity index (χ2n) is 7.50. The molecule has 1 fully saturated rings. The maximum Gasteiger partial charge on any atom is 0.262 e. The van der Waals surface area contributed by atoms with Gasteiger partial charge in [0.1, 0.15) is 11.5 Å². The van der Waals surface area contributed by atoms with E-state index in [1.807, 2.05) is 48.5 Å². The van der Waals surface area contributed by atoms with Crippen molar-refractivity contribution in [2.75, 3.05) is 18.5 Å². The van der Waals surface area contributed by atoms with Crippen LogP contribution in [-0.2, 0) is 11.2 Å². The van der Waals surface area contributed by atoms with Crippen molar-refractivity contribution in [2.24, 2.45) is 5.92 Å². The predicted molar refractivity (Wildman–Crippen MR) is 113 cm³/mol. The van der Waals surface area contributed by atoms with Gasteiger partial charge in [-0.1, -0.05) is 51.2 Å². The number of amides is 1. The van der Waals surface area contributed by atoms with Gasteiger partial charge in [-0.3, -0.25) is 4.79 Å². The molecule has 1 saturated carbocycles. The van der Waals surface area contributed by atoms with Crippen LogP contribution in [0.3, 0.4) is 0 Å². The fourth-order valence-electron chi connectivity index (χ4n) is 3.62. The number of hydrogen-bond donors (Lipinski definition) is 1. The summed E-state index contributed by atoms with van der Waals surface area (Å²) in [6, 6.07) is 15.4. The van der Waals surface area contributed by atoms with Gasteiger partial charge in [-0.05, 0) is 60.7 Å². The standard InChI is InChI=1S/C24H31NO3/c1-2-19-8-12-23(13-9-19)28-18-24(26)25-21-10-14-22(15-11-21)27-17-16-20-6-4-3-5-7-20/h8-15,20H,2-7,16-18H2,1H3,(H,25,26). The van der Waals surface area contributed by atoms with Gasteiger partial charge >= 0.3 is 0 Å². The SMILES string of the molecule is CCc1ccc(OCC(=O)Nc2ccc(OCCC3CCCCC3)cc2)cc1. The Hall–Kier alpha value is -2.49. The Labute approximate surface area is 168 Å². The number of benzene rings is 2. The summed E-state index contributed by atoms with van der Waals surface area (Å²) in [7, 11) is 0. The van der Waals surface area contributed by atoms with Crippen molar-refractivity contribution in [2.45, 2.75) is 51.9 Å². The number of anilines is 1. The Morgan fingerprint density at radius 1 is 0.929 bits per heavy atom. The van der Waals surface area contributed by atoms with Gasteiger partial charge in [0.25, 0.3) is 5.91 Å². The smallest absolute Gasteiger partial charge is 0.262 e. The first-order valence-corrected chi connectivity index (χ1v) is 10.5. The summed E-state index contributed by atoms with van der Waals surface area (Å²) in [4.78, 5) is 12.1. The minimum absolute atomic E-state index is 0.00882. The highest BCUT2D eigenvalue weighted by atomic mass is 16.5. The van der Waals surface area contributed by atoms with Crippen molar-refractivity contribution in [3.05, 3.63) is 54.1 Å². The Kier molecular flexibility index (Phi) is 7.77. The maximum atomic E-state index is 12.1. The molecule has 0 unspecified atom stereocenters. The van der Waals surface area contributed by atoms with Crippen LogP contribution in [0.4, 0.5) is 5.69 Å². The summed E-state index contributed by atoms with van der Waals surface area (Å²) in [5.41, 5.74) is 1.99. The third-order valence-corrected chi connectivity index (χ3v) is 5.36. The van der Waals surface area contributed by atoms with E-state index < -0.39 is 0 Å². The van der Waals surface area contributed by atoms with Crippen molar-refractivity contribution >= 4 is 11.6 Å². The highest BCUT2D eigenvalue weighted by Gasteiger charge is 2.13. The Morgan fingerprint density at radius 3 is 2.25 bits per heavy atom. The first kappa shape index (κ1) is 20.2. The van der Waals surface area contributed by atoms with E-state index in [2.05, 4.69) is 12.2 Å². The zero-order valence-corrected chi connectivity index (χ0v) is 16.8. The Morgan fingerprint density at radius 2 is 1.57 bits per heavy atom. The molecule has 0 radical (unpaired) electrons. The predicted octanol–water partition coefficient (Wildman–Crippen LogP) is 5.62. The number of carbonyl (C=O) groups excluding carboxylic acids is 1. The molecule has 1 amide bonds. The molecule has 28 heavy (non-hydrogen) atoms. The van der Waals surface area contributed by atoms with E-state index >= 15 is 0 Å². The molecule has 0 atom stereocenters. The van der Waals surface area contributed by atoms with Crippen LogP contribution in [0.15, 0.2) is 48.5 Å². The van der Waals surface area contributed by atoms with Crippen LogP contribution in [0.5, 0.6) is 11.5 Å². The highest BCUT2D eigenvalue weighted by Crippen LogP contribution is 2.26. The third kappa shape index (κ3) is 6.59. The number of rotatable bonds is 9. The van der Waals surface area contributed by atoms with Crippen molar-refractivity contribution in [3.63, 3.8) is 0 Å². The van der Waals surface area contributed by atoms with E-state index in [-0.39, 0.29) is 12.5 Å². The number of nitrogens with one attached hydrogen (secondary N) is 1. The number of hydrogen-bond acceptors (Lipinski definition) is 3. The molecule has 2 aromatic rings. The van der Waals surface area contributed by atoms with Crippen LogP contribution in [0.25, 0.3) is 0 Å². The molecule has 0 heterocycles. The van der Waals surface area contributed by atoms with Crippen molar-refractivity contribution < 1.29 is 14.3 Å². The highest BCUT2D eigenvalue weighted by molar-refractivity contribution is 5.91. The van der Waals surface area contributed by atoms with Gasteiger partial charge in [0.05, 0.1) is 6.61 Å². The van der Waals surface area contributed by atoms with Gasteiger partial charge in [0.15, 0.2) is 6.61 Å². The van der Waals surface area contributed by atoms with Crippen molar-refractivity contribution in [3.8, 4) is 11.5 Å². The molecule has 1 aliphatic rings. The molecule has 0 bridgehead atoms. The molecule has 0 saturated heterocycles. The molecule has 1 N–H and O–H groups in total. The quantitative estimate of drug-likeness (QED) is 0.613. The zero-order chi connectivity index (χ0) is 19.6. The lowest BCUT2D eigenvalue weighted by Crippen LogP contribution is -2.20. The molecule has 0 aliphatic heterocycles. The number of carbonyl (C=O) groups is 1. The largest absolute Gasteiger partial charge is 0.494 e. The summed E-state index contributed by atoms with van der Waals surface area (Å²) < 4.78 is 11.4. The van der Waals surface area contributed by atoms with Gasteiger partial charge in [0.2, 0.25) is 0 Å². The molecule has 4 heteroatoms. The third-order valence-electron chi connectivity index (χ3n) is 5.36. The number of ether oxygens (including phenoxy) is 2. The topological polar surface area (TPSA) is 47.6 Å². The minimum Gasteiger partial charge on any atom is -0.494 e. The van der Waals surface area contributed by atoms with Crippen LogP contribution < -0.4 is 14.8 Å². The molecular formula is C24H31NO3. The normalized spacial score (nSPS) is 14.5. The van der Waals surface area contributed by atoms with E-state index in [0.717, 1.165) is 36.8 Å². The Balaban J connectivity index is 1.37. The molecule has 4 nitrogen and oxygen atoms in total. The maximum absolute atomic E-state index is 12.1. The first-order chi connectivity index (χ1) is 13.7. The number of aryl methyl sites for hydroxylation is 1. The molecule has 0 aromatic heterocycles. The van der Waals surface area contributed by atoms with Crippen molar-refractivity contribution in [1.29, 1.82) is 0 Å². The van der Waals surface area contributed by atoms with Crippen LogP contribution >= 0.6 is 0 Å². The van der Waals surface area contributed by atoms with Gasteiger partial charge < -0.3 is 14.8 Å². The lowest BCUT2D eigenvalue weighted by atomic mass is 9.87. The van der Waals surface area contributed by atoms with Crippen LogP contribution in [0, 0.1) is 5.92 Å². The van der Waals surface area contributed by atoms with E-state index in [0.29, 0.717) is 5.75 Å². The lowest BCUT2D eigenvalue weighted by molar-refractivity contribution is -0.118. The van der Waals surface area contributed by atoms with Gasteiger partial charge in [-0.2, -0.15) is 0 Å². The molecule has 3 rings (SSSR count). The summed E-state index contributed by atoms with van der Waals surface area (Å²) >= 11 is 0. The molecular weight excluding hydrogens is 350 g/mol. The van der Waals surface area contributed by atoms with Gasteiger partial charge in [-0.15, -0.1) is 0 Å². The van der Waals surface area contributed by atoms with Crippen LogP contribution in [0.1, 0.15) is 51.0 Å². The van der Waals surface area contributed by atoms with Crippen LogP contribution in [0.2, 0.25) is 0 Å². The molecule has 2 aromatic carbocycles. The second kappa shape index (κ2) is 10.7. The molecule has 0 spiro atoms. The van der Waals surface area contributed by atoms with E-state index in [9.17, 15) is 4.79 Å². The summed E-state index contributed by atoms with van der Waals surface area (Å²) in [5.74, 6) is 2.20. The van der Waals surface area contributed by atoms with E-state index in [1.54, 1.807) is 0 Å². The monoisotopic (exact) mass is 381 g/mol. The fourth-order valence-corrected chi connectivity index (χ4v) is 3.62.